The molecule has 2 fully saturated rings. The van der Waals surface area contributed by atoms with Gasteiger partial charge in [0, 0.05) is 30.8 Å². The lowest BCUT2D eigenvalue weighted by Crippen LogP contribution is -2.50. The number of rotatable bonds is 3. The zero-order valence-corrected chi connectivity index (χ0v) is 8.81. The van der Waals surface area contributed by atoms with Gasteiger partial charge in [0.25, 0.3) is 0 Å². The molecule has 1 saturated carbocycles. The number of halogens is 2. The quantitative estimate of drug-likeness (QED) is 0.788. The van der Waals surface area contributed by atoms with Crippen molar-refractivity contribution in [2.24, 2.45) is 5.92 Å². The van der Waals surface area contributed by atoms with Crippen LogP contribution in [0.2, 0.25) is 0 Å². The SMILES string of the molecule is FC(F)C1CN(c2cc(C3CC3)ncn2)C1. The molecule has 5 heteroatoms. The Balaban J connectivity index is 1.69. The topological polar surface area (TPSA) is 29.0 Å². The molecule has 1 aromatic rings. The van der Waals surface area contributed by atoms with E-state index in [1.807, 2.05) is 11.0 Å². The summed E-state index contributed by atoms with van der Waals surface area (Å²) in [5, 5.41) is 0. The summed E-state index contributed by atoms with van der Waals surface area (Å²) in [5.74, 6) is 0.891. The van der Waals surface area contributed by atoms with E-state index in [0.717, 1.165) is 11.5 Å². The van der Waals surface area contributed by atoms with Gasteiger partial charge in [0.15, 0.2) is 0 Å². The van der Waals surface area contributed by atoms with Gasteiger partial charge in [0.05, 0.1) is 5.92 Å². The van der Waals surface area contributed by atoms with Gasteiger partial charge in [-0.25, -0.2) is 18.7 Å². The number of hydrogen-bond donors (Lipinski definition) is 0. The molecule has 0 bridgehead atoms. The van der Waals surface area contributed by atoms with Crippen LogP contribution in [0.15, 0.2) is 12.4 Å². The molecule has 86 valence electrons. The van der Waals surface area contributed by atoms with Crippen molar-refractivity contribution in [3.8, 4) is 0 Å². The Kier molecular flexibility index (Phi) is 2.26. The summed E-state index contributed by atoms with van der Waals surface area (Å²) in [5.41, 5.74) is 1.06. The standard InChI is InChI=1S/C11H13F2N3/c12-11(13)8-4-16(5-8)10-3-9(7-1-2-7)14-6-15-10/h3,6-8,11H,1-2,4-5H2. The molecule has 0 spiro atoms. The van der Waals surface area contributed by atoms with Crippen LogP contribution >= 0.6 is 0 Å². The Morgan fingerprint density at radius 3 is 2.62 bits per heavy atom. The maximum Gasteiger partial charge on any atom is 0.244 e. The van der Waals surface area contributed by atoms with Crippen molar-refractivity contribution < 1.29 is 8.78 Å². The fraction of sp³-hybridized carbons (Fsp3) is 0.636. The van der Waals surface area contributed by atoms with Crippen LogP contribution in [0, 0.1) is 5.92 Å². The third-order valence-corrected chi connectivity index (χ3v) is 3.26. The van der Waals surface area contributed by atoms with Gasteiger partial charge in [-0.05, 0) is 12.8 Å². The highest BCUT2D eigenvalue weighted by atomic mass is 19.3. The second-order valence-corrected chi connectivity index (χ2v) is 4.57. The maximum atomic E-state index is 12.3. The molecule has 0 radical (unpaired) electrons. The predicted molar refractivity (Wildman–Crippen MR) is 55.7 cm³/mol. The normalized spacial score (nSPS) is 21.3. The van der Waals surface area contributed by atoms with Crippen molar-refractivity contribution >= 4 is 5.82 Å². The molecule has 16 heavy (non-hydrogen) atoms. The first-order valence-electron chi connectivity index (χ1n) is 5.59. The fourth-order valence-electron chi connectivity index (χ4n) is 2.00. The predicted octanol–water partition coefficient (Wildman–Crippen LogP) is 2.06. The monoisotopic (exact) mass is 225 g/mol. The van der Waals surface area contributed by atoms with E-state index in [-0.39, 0.29) is 0 Å². The van der Waals surface area contributed by atoms with Gasteiger partial charge >= 0.3 is 0 Å². The van der Waals surface area contributed by atoms with Gasteiger partial charge in [0.2, 0.25) is 6.43 Å². The van der Waals surface area contributed by atoms with E-state index in [2.05, 4.69) is 9.97 Å². The molecule has 1 aromatic heterocycles. The molecule has 1 aliphatic heterocycles. The van der Waals surface area contributed by atoms with Crippen LogP contribution in [0.1, 0.15) is 24.5 Å². The number of aromatic nitrogens is 2. The van der Waals surface area contributed by atoms with Gasteiger partial charge in [-0.3, -0.25) is 0 Å². The van der Waals surface area contributed by atoms with E-state index >= 15 is 0 Å². The Hall–Kier alpha value is -1.26. The molecule has 1 saturated heterocycles. The molecule has 3 rings (SSSR count). The number of hydrogen-bond acceptors (Lipinski definition) is 3. The summed E-state index contributed by atoms with van der Waals surface area (Å²) < 4.78 is 24.7. The first-order valence-corrected chi connectivity index (χ1v) is 5.59. The highest BCUT2D eigenvalue weighted by Gasteiger charge is 2.35. The summed E-state index contributed by atoms with van der Waals surface area (Å²) >= 11 is 0. The zero-order valence-electron chi connectivity index (χ0n) is 8.81. The first-order chi connectivity index (χ1) is 7.74. The average molecular weight is 225 g/mol. The molecule has 0 unspecified atom stereocenters. The van der Waals surface area contributed by atoms with Crippen LogP contribution < -0.4 is 4.90 Å². The Bertz CT molecular complexity index is 387. The molecule has 0 aromatic carbocycles. The lowest BCUT2D eigenvalue weighted by molar-refractivity contribution is 0.0611. The van der Waals surface area contributed by atoms with Gasteiger partial charge < -0.3 is 4.90 Å². The maximum absolute atomic E-state index is 12.3. The Labute approximate surface area is 92.5 Å². The van der Waals surface area contributed by atoms with Crippen LogP contribution in [0.4, 0.5) is 14.6 Å². The van der Waals surface area contributed by atoms with Crippen molar-refractivity contribution in [1.82, 2.24) is 9.97 Å². The van der Waals surface area contributed by atoms with E-state index in [0.29, 0.717) is 19.0 Å². The van der Waals surface area contributed by atoms with Gasteiger partial charge in [-0.1, -0.05) is 0 Å². The lowest BCUT2D eigenvalue weighted by Gasteiger charge is -2.39. The van der Waals surface area contributed by atoms with Crippen molar-refractivity contribution in [2.75, 3.05) is 18.0 Å². The van der Waals surface area contributed by atoms with Crippen LogP contribution in [-0.4, -0.2) is 29.5 Å². The van der Waals surface area contributed by atoms with Crippen molar-refractivity contribution in [2.45, 2.75) is 25.2 Å². The van der Waals surface area contributed by atoms with Crippen molar-refractivity contribution in [3.63, 3.8) is 0 Å². The molecular formula is C11H13F2N3. The van der Waals surface area contributed by atoms with Crippen LogP contribution in [-0.2, 0) is 0 Å². The summed E-state index contributed by atoms with van der Waals surface area (Å²) in [4.78, 5) is 10.2. The average Bonchev–Trinajstić information content (AvgIpc) is 2.98. The molecule has 3 nitrogen and oxygen atoms in total. The van der Waals surface area contributed by atoms with Crippen molar-refractivity contribution in [3.05, 3.63) is 18.1 Å². The molecule has 2 heterocycles. The van der Waals surface area contributed by atoms with E-state index in [4.69, 9.17) is 0 Å². The van der Waals surface area contributed by atoms with Crippen LogP contribution in [0.3, 0.4) is 0 Å². The van der Waals surface area contributed by atoms with E-state index in [1.54, 1.807) is 6.33 Å². The number of nitrogens with zero attached hydrogens (tertiary/aromatic N) is 3. The fourth-order valence-corrected chi connectivity index (χ4v) is 2.00. The second-order valence-electron chi connectivity index (χ2n) is 4.57. The van der Waals surface area contributed by atoms with E-state index in [1.165, 1.54) is 12.8 Å². The minimum absolute atomic E-state index is 0.415. The summed E-state index contributed by atoms with van der Waals surface area (Å²) in [6, 6.07) is 1.94. The van der Waals surface area contributed by atoms with Gasteiger partial charge in [-0.15, -0.1) is 0 Å². The molecule has 2 aliphatic rings. The molecule has 0 N–H and O–H groups in total. The molecule has 1 aliphatic carbocycles. The smallest absolute Gasteiger partial charge is 0.244 e. The molecular weight excluding hydrogens is 212 g/mol. The Morgan fingerprint density at radius 1 is 1.25 bits per heavy atom. The first kappa shape index (κ1) is 9.93. The van der Waals surface area contributed by atoms with Crippen LogP contribution in [0.25, 0.3) is 0 Å². The van der Waals surface area contributed by atoms with Crippen molar-refractivity contribution in [1.29, 1.82) is 0 Å². The van der Waals surface area contributed by atoms with Gasteiger partial charge in [0.1, 0.15) is 12.1 Å². The summed E-state index contributed by atoms with van der Waals surface area (Å²) in [7, 11) is 0. The second kappa shape index (κ2) is 3.64. The minimum atomic E-state index is -2.21. The minimum Gasteiger partial charge on any atom is -0.355 e. The Morgan fingerprint density at radius 2 is 2.00 bits per heavy atom. The van der Waals surface area contributed by atoms with Gasteiger partial charge in [-0.2, -0.15) is 0 Å². The summed E-state index contributed by atoms with van der Waals surface area (Å²) in [6.07, 6.45) is 1.71. The summed E-state index contributed by atoms with van der Waals surface area (Å²) in [6.45, 7) is 0.831. The third-order valence-electron chi connectivity index (χ3n) is 3.26. The number of alkyl halides is 2. The highest BCUT2D eigenvalue weighted by molar-refractivity contribution is 5.43. The lowest BCUT2D eigenvalue weighted by atomic mass is 10.0. The number of anilines is 1. The molecule has 0 amide bonds. The zero-order chi connectivity index (χ0) is 11.1. The highest BCUT2D eigenvalue weighted by Crippen LogP contribution is 2.40. The van der Waals surface area contributed by atoms with E-state index in [9.17, 15) is 8.78 Å². The third kappa shape index (κ3) is 1.74. The van der Waals surface area contributed by atoms with E-state index < -0.39 is 12.3 Å². The largest absolute Gasteiger partial charge is 0.355 e. The van der Waals surface area contributed by atoms with Crippen LogP contribution in [0.5, 0.6) is 0 Å². The molecule has 0 atom stereocenters.